The molecule has 1 fully saturated rings. The van der Waals surface area contributed by atoms with Gasteiger partial charge in [-0.25, -0.2) is 13.1 Å². The van der Waals surface area contributed by atoms with Crippen molar-refractivity contribution in [1.29, 1.82) is 0 Å². The summed E-state index contributed by atoms with van der Waals surface area (Å²) in [6.45, 7) is 0.0454. The van der Waals surface area contributed by atoms with Crippen molar-refractivity contribution in [3.63, 3.8) is 0 Å². The fourth-order valence-electron chi connectivity index (χ4n) is 2.20. The molecular formula is C11H10ClN5O3S. The standard InChI is InChI=1S/C11H10ClN5O3S/c12-21(19,20)10-5-11(18)16(6-10)8-2-1-3-9(4-8)17-7-13-14-15-17/h1-4,7,10H,5-6H2. The number of tetrazole rings is 1. The number of aromatic nitrogens is 4. The van der Waals surface area contributed by atoms with E-state index in [2.05, 4.69) is 15.5 Å². The Hall–Kier alpha value is -2.00. The molecule has 10 heteroatoms. The second kappa shape index (κ2) is 5.08. The lowest BCUT2D eigenvalue weighted by Crippen LogP contribution is -2.26. The number of carbonyl (C=O) groups excluding carboxylic acids is 1. The van der Waals surface area contributed by atoms with Crippen molar-refractivity contribution in [2.24, 2.45) is 0 Å². The Kier molecular flexibility index (Phi) is 3.38. The van der Waals surface area contributed by atoms with Crippen LogP contribution in [-0.2, 0) is 13.8 Å². The van der Waals surface area contributed by atoms with Gasteiger partial charge < -0.3 is 4.90 Å². The average molecular weight is 328 g/mol. The topological polar surface area (TPSA) is 98.1 Å². The minimum absolute atomic E-state index is 0.0454. The zero-order valence-corrected chi connectivity index (χ0v) is 12.2. The normalized spacial score (nSPS) is 19.2. The van der Waals surface area contributed by atoms with Gasteiger partial charge in [0.2, 0.25) is 15.0 Å². The van der Waals surface area contributed by atoms with Gasteiger partial charge in [0.1, 0.15) is 11.6 Å². The van der Waals surface area contributed by atoms with Gasteiger partial charge in [-0.15, -0.1) is 5.10 Å². The monoisotopic (exact) mass is 327 g/mol. The second-order valence-corrected chi connectivity index (χ2v) is 7.49. The van der Waals surface area contributed by atoms with E-state index in [1.165, 1.54) is 15.9 Å². The summed E-state index contributed by atoms with van der Waals surface area (Å²) in [5.41, 5.74) is 1.25. The summed E-state index contributed by atoms with van der Waals surface area (Å²) >= 11 is 0. The van der Waals surface area contributed by atoms with Crippen molar-refractivity contribution in [2.45, 2.75) is 11.7 Å². The van der Waals surface area contributed by atoms with E-state index in [-0.39, 0.29) is 18.9 Å². The molecule has 2 aromatic rings. The Balaban J connectivity index is 1.91. The Morgan fingerprint density at radius 1 is 1.29 bits per heavy atom. The summed E-state index contributed by atoms with van der Waals surface area (Å²) < 4.78 is 24.2. The van der Waals surface area contributed by atoms with E-state index in [0.29, 0.717) is 11.4 Å². The van der Waals surface area contributed by atoms with Crippen molar-refractivity contribution in [3.05, 3.63) is 30.6 Å². The Labute approximate surface area is 124 Å². The van der Waals surface area contributed by atoms with Crippen molar-refractivity contribution < 1.29 is 13.2 Å². The van der Waals surface area contributed by atoms with Crippen molar-refractivity contribution in [1.82, 2.24) is 20.2 Å². The quantitative estimate of drug-likeness (QED) is 0.754. The first-order valence-corrected chi connectivity index (χ1v) is 8.39. The van der Waals surface area contributed by atoms with Crippen LogP contribution in [0.1, 0.15) is 6.42 Å². The van der Waals surface area contributed by atoms with Crippen LogP contribution in [0.5, 0.6) is 0 Å². The molecule has 0 spiro atoms. The molecule has 1 amide bonds. The zero-order valence-electron chi connectivity index (χ0n) is 10.6. The first-order valence-electron chi connectivity index (χ1n) is 6.02. The van der Waals surface area contributed by atoms with Crippen LogP contribution in [0.3, 0.4) is 0 Å². The Morgan fingerprint density at radius 2 is 2.05 bits per heavy atom. The molecule has 1 unspecified atom stereocenters. The molecule has 1 aromatic carbocycles. The minimum atomic E-state index is -3.76. The summed E-state index contributed by atoms with van der Waals surface area (Å²) in [6, 6.07) is 6.94. The fourth-order valence-corrected chi connectivity index (χ4v) is 3.22. The van der Waals surface area contributed by atoms with Gasteiger partial charge in [-0.2, -0.15) is 0 Å². The number of hydrogen-bond donors (Lipinski definition) is 0. The number of halogens is 1. The maximum absolute atomic E-state index is 12.0. The molecule has 1 aliphatic heterocycles. The van der Waals surface area contributed by atoms with Gasteiger partial charge in [0, 0.05) is 29.3 Å². The summed E-state index contributed by atoms with van der Waals surface area (Å²) in [6.07, 6.45) is 1.32. The zero-order chi connectivity index (χ0) is 15.0. The number of carbonyl (C=O) groups is 1. The van der Waals surface area contributed by atoms with Crippen LogP contribution in [0.25, 0.3) is 5.69 Å². The van der Waals surface area contributed by atoms with Gasteiger partial charge in [0.25, 0.3) is 0 Å². The van der Waals surface area contributed by atoms with Gasteiger partial charge in [0.15, 0.2) is 0 Å². The van der Waals surface area contributed by atoms with Crippen LogP contribution in [0.2, 0.25) is 0 Å². The molecule has 1 atom stereocenters. The Morgan fingerprint density at radius 3 is 2.67 bits per heavy atom. The van der Waals surface area contributed by atoms with Crippen LogP contribution < -0.4 is 4.90 Å². The van der Waals surface area contributed by atoms with Crippen molar-refractivity contribution in [2.75, 3.05) is 11.4 Å². The van der Waals surface area contributed by atoms with Gasteiger partial charge in [-0.05, 0) is 28.6 Å². The van der Waals surface area contributed by atoms with E-state index < -0.39 is 14.3 Å². The van der Waals surface area contributed by atoms with Crippen LogP contribution in [0, 0.1) is 0 Å². The molecular weight excluding hydrogens is 318 g/mol. The van der Waals surface area contributed by atoms with Gasteiger partial charge in [-0.3, -0.25) is 4.79 Å². The summed E-state index contributed by atoms with van der Waals surface area (Å²) in [5, 5.41) is 9.96. The lowest BCUT2D eigenvalue weighted by molar-refractivity contribution is -0.117. The summed E-state index contributed by atoms with van der Waals surface area (Å²) in [7, 11) is 1.58. The van der Waals surface area contributed by atoms with Crippen LogP contribution in [0.15, 0.2) is 30.6 Å². The third-order valence-corrected chi connectivity index (χ3v) is 5.11. The summed E-state index contributed by atoms with van der Waals surface area (Å²) in [4.78, 5) is 13.4. The Bertz CT molecular complexity index is 777. The number of amides is 1. The number of hydrogen-bond acceptors (Lipinski definition) is 6. The SMILES string of the molecule is O=C1CC(S(=O)(=O)Cl)CN1c1cccc(-n2cnnn2)c1. The highest BCUT2D eigenvalue weighted by molar-refractivity contribution is 8.14. The fraction of sp³-hybridized carbons (Fsp3) is 0.273. The van der Waals surface area contributed by atoms with Crippen LogP contribution in [0.4, 0.5) is 5.69 Å². The molecule has 110 valence electrons. The van der Waals surface area contributed by atoms with Crippen LogP contribution >= 0.6 is 10.7 Å². The van der Waals surface area contributed by atoms with Gasteiger partial charge in [0.05, 0.1) is 5.69 Å². The molecule has 0 saturated carbocycles. The largest absolute Gasteiger partial charge is 0.311 e. The number of rotatable bonds is 3. The lowest BCUT2D eigenvalue weighted by Gasteiger charge is -2.17. The molecule has 0 aliphatic carbocycles. The molecule has 1 saturated heterocycles. The van der Waals surface area contributed by atoms with Crippen molar-refractivity contribution >= 4 is 31.3 Å². The molecule has 8 nitrogen and oxygen atoms in total. The third-order valence-electron chi connectivity index (χ3n) is 3.24. The highest BCUT2D eigenvalue weighted by atomic mass is 35.7. The second-order valence-electron chi connectivity index (χ2n) is 4.58. The smallest absolute Gasteiger partial charge is 0.237 e. The van der Waals surface area contributed by atoms with Crippen molar-refractivity contribution in [3.8, 4) is 5.69 Å². The molecule has 0 radical (unpaired) electrons. The van der Waals surface area contributed by atoms with E-state index in [1.54, 1.807) is 24.3 Å². The van der Waals surface area contributed by atoms with E-state index in [1.807, 2.05) is 0 Å². The molecule has 21 heavy (non-hydrogen) atoms. The van der Waals surface area contributed by atoms with Gasteiger partial charge >= 0.3 is 0 Å². The number of benzene rings is 1. The number of nitrogens with zero attached hydrogens (tertiary/aromatic N) is 5. The number of anilines is 1. The first-order chi connectivity index (χ1) is 9.95. The molecule has 2 heterocycles. The van der Waals surface area contributed by atoms with Crippen LogP contribution in [-0.4, -0.2) is 46.3 Å². The average Bonchev–Trinajstić information content (AvgIpc) is 3.07. The van der Waals surface area contributed by atoms with E-state index in [9.17, 15) is 13.2 Å². The van der Waals surface area contributed by atoms with E-state index in [0.717, 1.165) is 0 Å². The van der Waals surface area contributed by atoms with E-state index >= 15 is 0 Å². The first kappa shape index (κ1) is 14.0. The third kappa shape index (κ3) is 2.74. The lowest BCUT2D eigenvalue weighted by atomic mass is 10.2. The molecule has 0 N–H and O–H groups in total. The predicted octanol–water partition coefficient (Wildman–Crippen LogP) is 0.336. The highest BCUT2D eigenvalue weighted by Gasteiger charge is 2.38. The molecule has 1 aliphatic rings. The maximum atomic E-state index is 12.0. The molecule has 0 bridgehead atoms. The summed E-state index contributed by atoms with van der Waals surface area (Å²) in [5.74, 6) is -0.280. The molecule has 1 aromatic heterocycles. The van der Waals surface area contributed by atoms with E-state index in [4.69, 9.17) is 10.7 Å². The molecule has 3 rings (SSSR count). The minimum Gasteiger partial charge on any atom is -0.311 e. The van der Waals surface area contributed by atoms with Gasteiger partial charge in [-0.1, -0.05) is 6.07 Å². The predicted molar refractivity (Wildman–Crippen MR) is 74.7 cm³/mol. The maximum Gasteiger partial charge on any atom is 0.237 e. The highest BCUT2D eigenvalue weighted by Crippen LogP contribution is 2.27.